The molecule has 2 unspecified atom stereocenters. The van der Waals surface area contributed by atoms with Gasteiger partial charge in [0.1, 0.15) is 5.54 Å². The zero-order chi connectivity index (χ0) is 12.0. The summed E-state index contributed by atoms with van der Waals surface area (Å²) in [6.45, 7) is 3.87. The number of benzene rings is 1. The quantitative estimate of drug-likeness (QED) is 0.799. The highest BCUT2D eigenvalue weighted by molar-refractivity contribution is 5.82. The number of hydrogen-bond donors (Lipinski definition) is 2. The van der Waals surface area contributed by atoms with Gasteiger partial charge in [-0.3, -0.25) is 4.79 Å². The molecule has 2 rings (SSSR count). The molecule has 1 aliphatic rings. The Bertz CT molecular complexity index is 413. The summed E-state index contributed by atoms with van der Waals surface area (Å²) in [5.74, 6) is -0.667. The summed E-state index contributed by atoms with van der Waals surface area (Å²) in [4.78, 5) is 11.2. The van der Waals surface area contributed by atoms with Crippen molar-refractivity contribution in [3.8, 4) is 0 Å². The Morgan fingerprint density at radius 1 is 1.38 bits per heavy atom. The second kappa shape index (κ2) is 3.32. The van der Waals surface area contributed by atoms with Crippen molar-refractivity contribution in [1.29, 1.82) is 0 Å². The van der Waals surface area contributed by atoms with Gasteiger partial charge in [-0.15, -0.1) is 0 Å². The Hall–Kier alpha value is -1.35. The fourth-order valence-corrected chi connectivity index (χ4v) is 2.60. The number of carbonyl (C=O) groups is 1. The minimum Gasteiger partial charge on any atom is -0.480 e. The van der Waals surface area contributed by atoms with E-state index in [9.17, 15) is 4.79 Å². The Balaban J connectivity index is 2.29. The maximum atomic E-state index is 11.2. The lowest BCUT2D eigenvalue weighted by molar-refractivity contribution is -0.158. The third kappa shape index (κ3) is 1.28. The fraction of sp³-hybridized carbons (Fsp3) is 0.462. The van der Waals surface area contributed by atoms with Crippen molar-refractivity contribution in [3.05, 3.63) is 35.9 Å². The van der Waals surface area contributed by atoms with E-state index in [1.54, 1.807) is 0 Å². The first-order valence-corrected chi connectivity index (χ1v) is 5.47. The van der Waals surface area contributed by atoms with Gasteiger partial charge in [0.2, 0.25) is 0 Å². The average molecular weight is 219 g/mol. The number of carboxylic acids is 1. The molecular weight excluding hydrogens is 202 g/mol. The van der Waals surface area contributed by atoms with Crippen LogP contribution >= 0.6 is 0 Å². The maximum Gasteiger partial charge on any atom is 0.324 e. The lowest BCUT2D eigenvalue weighted by Crippen LogP contribution is -2.69. The summed E-state index contributed by atoms with van der Waals surface area (Å²) in [5, 5.41) is 9.17. The second-order valence-corrected chi connectivity index (χ2v) is 5.17. The van der Waals surface area contributed by atoms with Gasteiger partial charge in [0.15, 0.2) is 0 Å². The normalized spacial score (nSPS) is 31.8. The SMILES string of the molecule is CC1(C)C(c2ccccc2)CC1(N)C(=O)O. The van der Waals surface area contributed by atoms with E-state index in [-0.39, 0.29) is 5.92 Å². The van der Waals surface area contributed by atoms with Gasteiger partial charge in [-0.2, -0.15) is 0 Å². The lowest BCUT2D eigenvalue weighted by Gasteiger charge is -2.57. The molecule has 0 heterocycles. The van der Waals surface area contributed by atoms with E-state index in [0.29, 0.717) is 6.42 Å². The molecule has 1 aliphatic carbocycles. The first-order valence-electron chi connectivity index (χ1n) is 5.47. The predicted molar refractivity (Wildman–Crippen MR) is 62.1 cm³/mol. The van der Waals surface area contributed by atoms with Crippen molar-refractivity contribution < 1.29 is 9.90 Å². The van der Waals surface area contributed by atoms with Crippen LogP contribution < -0.4 is 5.73 Å². The van der Waals surface area contributed by atoms with E-state index in [2.05, 4.69) is 0 Å². The minimum absolute atomic E-state index is 0.231. The van der Waals surface area contributed by atoms with Gasteiger partial charge >= 0.3 is 5.97 Å². The number of aliphatic carboxylic acids is 1. The standard InChI is InChI=1S/C13H17NO2/c1-12(2)10(8-13(12,14)11(15)16)9-6-4-3-5-7-9/h3-7,10H,8,14H2,1-2H3,(H,15,16). The van der Waals surface area contributed by atoms with E-state index >= 15 is 0 Å². The summed E-state index contributed by atoms with van der Waals surface area (Å²) in [6, 6.07) is 9.98. The smallest absolute Gasteiger partial charge is 0.324 e. The third-order valence-electron chi connectivity index (χ3n) is 4.13. The molecule has 1 aromatic carbocycles. The Morgan fingerprint density at radius 3 is 2.38 bits per heavy atom. The summed E-state index contributed by atoms with van der Waals surface area (Å²) >= 11 is 0. The molecule has 1 aromatic rings. The molecule has 0 amide bonds. The first kappa shape index (κ1) is 11.1. The van der Waals surface area contributed by atoms with Crippen LogP contribution in [0.15, 0.2) is 30.3 Å². The number of carboxylic acid groups (broad SMARTS) is 1. The van der Waals surface area contributed by atoms with Crippen molar-refractivity contribution in [3.63, 3.8) is 0 Å². The molecule has 0 aromatic heterocycles. The van der Waals surface area contributed by atoms with Crippen LogP contribution in [-0.4, -0.2) is 16.6 Å². The van der Waals surface area contributed by atoms with Crippen LogP contribution in [0.3, 0.4) is 0 Å². The van der Waals surface area contributed by atoms with Gasteiger partial charge in [0.05, 0.1) is 0 Å². The highest BCUT2D eigenvalue weighted by Crippen LogP contribution is 2.58. The van der Waals surface area contributed by atoms with E-state index in [1.165, 1.54) is 5.56 Å². The van der Waals surface area contributed by atoms with E-state index in [4.69, 9.17) is 10.8 Å². The number of rotatable bonds is 2. The molecular formula is C13H17NO2. The van der Waals surface area contributed by atoms with Crippen LogP contribution in [0.5, 0.6) is 0 Å². The highest BCUT2D eigenvalue weighted by atomic mass is 16.4. The molecule has 0 saturated heterocycles. The molecule has 1 saturated carbocycles. The zero-order valence-electron chi connectivity index (χ0n) is 9.60. The molecule has 16 heavy (non-hydrogen) atoms. The van der Waals surface area contributed by atoms with Gasteiger partial charge < -0.3 is 10.8 Å². The number of nitrogens with two attached hydrogens (primary N) is 1. The van der Waals surface area contributed by atoms with Gasteiger partial charge in [0, 0.05) is 5.41 Å². The molecule has 3 nitrogen and oxygen atoms in total. The topological polar surface area (TPSA) is 63.3 Å². The molecule has 1 fully saturated rings. The van der Waals surface area contributed by atoms with Gasteiger partial charge in [0.25, 0.3) is 0 Å². The molecule has 0 aliphatic heterocycles. The molecule has 86 valence electrons. The van der Waals surface area contributed by atoms with E-state index < -0.39 is 16.9 Å². The summed E-state index contributed by atoms with van der Waals surface area (Å²) in [7, 11) is 0. The largest absolute Gasteiger partial charge is 0.480 e. The van der Waals surface area contributed by atoms with Crippen LogP contribution in [-0.2, 0) is 4.79 Å². The van der Waals surface area contributed by atoms with Gasteiger partial charge in [-0.1, -0.05) is 44.2 Å². The Morgan fingerprint density at radius 2 is 1.94 bits per heavy atom. The molecule has 0 spiro atoms. The van der Waals surface area contributed by atoms with Crippen molar-refractivity contribution in [2.45, 2.75) is 31.7 Å². The minimum atomic E-state index is -1.09. The van der Waals surface area contributed by atoms with Crippen molar-refractivity contribution in [2.75, 3.05) is 0 Å². The molecule has 3 N–H and O–H groups in total. The van der Waals surface area contributed by atoms with Crippen LogP contribution in [0.25, 0.3) is 0 Å². The lowest BCUT2D eigenvalue weighted by atomic mass is 9.48. The third-order valence-corrected chi connectivity index (χ3v) is 4.13. The van der Waals surface area contributed by atoms with Crippen LogP contribution in [0.1, 0.15) is 31.7 Å². The van der Waals surface area contributed by atoms with Crippen LogP contribution in [0.4, 0.5) is 0 Å². The Labute approximate surface area is 95.3 Å². The molecule has 3 heteroatoms. The molecule has 0 radical (unpaired) electrons. The monoisotopic (exact) mass is 219 g/mol. The molecule has 2 atom stereocenters. The Kier molecular flexibility index (Phi) is 2.31. The van der Waals surface area contributed by atoms with E-state index in [0.717, 1.165) is 0 Å². The number of hydrogen-bond acceptors (Lipinski definition) is 2. The van der Waals surface area contributed by atoms with Gasteiger partial charge in [-0.05, 0) is 17.9 Å². The summed E-state index contributed by atoms with van der Waals surface area (Å²) < 4.78 is 0. The van der Waals surface area contributed by atoms with E-state index in [1.807, 2.05) is 44.2 Å². The maximum absolute atomic E-state index is 11.2. The summed E-state index contributed by atoms with van der Waals surface area (Å²) in [6.07, 6.45) is 0.513. The predicted octanol–water partition coefficient (Wildman–Crippen LogP) is 1.98. The average Bonchev–Trinajstić information content (AvgIpc) is 2.26. The van der Waals surface area contributed by atoms with Crippen molar-refractivity contribution >= 4 is 5.97 Å². The van der Waals surface area contributed by atoms with Gasteiger partial charge in [-0.25, -0.2) is 0 Å². The van der Waals surface area contributed by atoms with Crippen LogP contribution in [0, 0.1) is 5.41 Å². The fourth-order valence-electron chi connectivity index (χ4n) is 2.60. The highest BCUT2D eigenvalue weighted by Gasteiger charge is 2.62. The first-order chi connectivity index (χ1) is 7.39. The zero-order valence-corrected chi connectivity index (χ0v) is 9.60. The van der Waals surface area contributed by atoms with Crippen molar-refractivity contribution in [2.24, 2.45) is 11.1 Å². The molecule has 0 bridgehead atoms. The second-order valence-electron chi connectivity index (χ2n) is 5.17. The van der Waals surface area contributed by atoms with Crippen molar-refractivity contribution in [1.82, 2.24) is 0 Å². The van der Waals surface area contributed by atoms with Crippen LogP contribution in [0.2, 0.25) is 0 Å². The summed E-state index contributed by atoms with van der Waals surface area (Å²) in [5.41, 5.74) is 5.63.